The van der Waals surface area contributed by atoms with Crippen LogP contribution in [0.25, 0.3) is 5.69 Å². The van der Waals surface area contributed by atoms with Crippen LogP contribution in [0.2, 0.25) is 0 Å². The van der Waals surface area contributed by atoms with Gasteiger partial charge in [-0.1, -0.05) is 36.4 Å². The number of para-hydroxylation sites is 1. The largest absolute Gasteiger partial charge is 0.318 e. The van der Waals surface area contributed by atoms with Crippen LogP contribution in [0, 0.1) is 12.7 Å². The van der Waals surface area contributed by atoms with Crippen molar-refractivity contribution in [3.8, 4) is 5.69 Å². The molecule has 0 aliphatic heterocycles. The zero-order chi connectivity index (χ0) is 17.1. The number of carbonyl (C=O) groups excluding carboxylic acids is 1. The van der Waals surface area contributed by atoms with Crippen LogP contribution in [-0.2, 0) is 6.42 Å². The molecule has 3 aromatic rings. The molecule has 24 heavy (non-hydrogen) atoms. The minimum Gasteiger partial charge on any atom is -0.318 e. The molecule has 3 rings (SSSR count). The molecule has 6 heteroatoms. The molecule has 0 aliphatic rings. The third-order valence-corrected chi connectivity index (χ3v) is 3.82. The van der Waals surface area contributed by atoms with Crippen molar-refractivity contribution in [1.82, 2.24) is 15.0 Å². The van der Waals surface area contributed by atoms with Gasteiger partial charge in [0.1, 0.15) is 5.82 Å². The predicted octanol–water partition coefficient (Wildman–Crippen LogP) is 3.53. The van der Waals surface area contributed by atoms with E-state index in [1.807, 2.05) is 24.3 Å². The molecule has 1 aromatic heterocycles. The number of carbonyl (C=O) groups is 1. The second kappa shape index (κ2) is 6.62. The van der Waals surface area contributed by atoms with E-state index >= 15 is 0 Å². The van der Waals surface area contributed by atoms with Gasteiger partial charge in [0.25, 0.3) is 5.91 Å². The Morgan fingerprint density at radius 1 is 1.17 bits per heavy atom. The molecule has 0 atom stereocenters. The summed E-state index contributed by atoms with van der Waals surface area (Å²) in [6, 6.07) is 13.9. The van der Waals surface area contributed by atoms with Gasteiger partial charge in [-0.25, -0.2) is 9.07 Å². The predicted molar refractivity (Wildman–Crippen MR) is 89.8 cm³/mol. The molecule has 1 N–H and O–H groups in total. The third kappa shape index (κ3) is 3.03. The first kappa shape index (κ1) is 15.9. The summed E-state index contributed by atoms with van der Waals surface area (Å²) in [5, 5.41) is 10.5. The minimum atomic E-state index is -0.494. The highest BCUT2D eigenvalue weighted by molar-refractivity contribution is 6.03. The lowest BCUT2D eigenvalue weighted by Gasteiger charge is -2.06. The number of aromatic nitrogens is 3. The number of nitrogens with zero attached hydrogens (tertiary/aromatic N) is 3. The van der Waals surface area contributed by atoms with Crippen LogP contribution in [-0.4, -0.2) is 20.9 Å². The summed E-state index contributed by atoms with van der Waals surface area (Å²) in [6.45, 7) is 3.84. The van der Waals surface area contributed by atoms with Gasteiger partial charge in [0.15, 0.2) is 5.69 Å². The molecule has 0 radical (unpaired) electrons. The van der Waals surface area contributed by atoms with Gasteiger partial charge in [0.2, 0.25) is 0 Å². The van der Waals surface area contributed by atoms with Crippen molar-refractivity contribution < 1.29 is 9.18 Å². The van der Waals surface area contributed by atoms with Crippen LogP contribution < -0.4 is 5.32 Å². The van der Waals surface area contributed by atoms with Crippen molar-refractivity contribution in [2.75, 3.05) is 5.32 Å². The number of halogens is 1. The summed E-state index contributed by atoms with van der Waals surface area (Å²) in [4.78, 5) is 12.3. The molecule has 0 aliphatic carbocycles. The fourth-order valence-corrected chi connectivity index (χ4v) is 2.40. The maximum Gasteiger partial charge on any atom is 0.278 e. The van der Waals surface area contributed by atoms with Crippen molar-refractivity contribution >= 4 is 11.6 Å². The first-order valence-electron chi connectivity index (χ1n) is 7.67. The monoisotopic (exact) mass is 324 g/mol. The summed E-state index contributed by atoms with van der Waals surface area (Å²) in [5.74, 6) is -0.986. The van der Waals surface area contributed by atoms with Crippen molar-refractivity contribution in [3.05, 3.63) is 71.3 Å². The van der Waals surface area contributed by atoms with Gasteiger partial charge in [0.05, 0.1) is 17.1 Å². The Morgan fingerprint density at radius 2 is 1.88 bits per heavy atom. The van der Waals surface area contributed by atoms with Crippen molar-refractivity contribution in [2.45, 2.75) is 20.3 Å². The second-order valence-corrected chi connectivity index (χ2v) is 5.39. The van der Waals surface area contributed by atoms with Crippen LogP contribution in [0.15, 0.2) is 48.5 Å². The molecule has 0 saturated heterocycles. The smallest absolute Gasteiger partial charge is 0.278 e. The van der Waals surface area contributed by atoms with E-state index in [9.17, 15) is 9.18 Å². The summed E-state index contributed by atoms with van der Waals surface area (Å²) in [7, 11) is 0. The van der Waals surface area contributed by atoms with Gasteiger partial charge in [-0.15, -0.1) is 5.10 Å². The van der Waals surface area contributed by atoms with E-state index < -0.39 is 11.7 Å². The van der Waals surface area contributed by atoms with Gasteiger partial charge in [-0.05, 0) is 43.2 Å². The normalized spacial score (nSPS) is 10.6. The van der Waals surface area contributed by atoms with Gasteiger partial charge in [-0.2, -0.15) is 0 Å². The van der Waals surface area contributed by atoms with Crippen LogP contribution in [0.1, 0.15) is 28.7 Å². The highest BCUT2D eigenvalue weighted by atomic mass is 19.1. The van der Waals surface area contributed by atoms with E-state index in [0.29, 0.717) is 5.69 Å². The van der Waals surface area contributed by atoms with Crippen LogP contribution in [0.4, 0.5) is 10.1 Å². The number of rotatable bonds is 4. The number of amides is 1. The molecule has 0 spiro atoms. The van der Waals surface area contributed by atoms with E-state index in [0.717, 1.165) is 12.1 Å². The molecule has 1 heterocycles. The molecule has 1 amide bonds. The molecule has 0 unspecified atom stereocenters. The van der Waals surface area contributed by atoms with Gasteiger partial charge in [0, 0.05) is 0 Å². The highest BCUT2D eigenvalue weighted by Gasteiger charge is 2.18. The standard InChI is InChI=1S/C18H17FN4O/c1-3-13-8-10-14(11-9-13)23-12(2)17(21-22-23)18(24)20-16-7-5-4-6-15(16)19/h4-11H,3H2,1-2H3,(H,20,24). The topological polar surface area (TPSA) is 59.8 Å². The van der Waals surface area contributed by atoms with Crippen molar-refractivity contribution in [2.24, 2.45) is 0 Å². The lowest BCUT2D eigenvalue weighted by Crippen LogP contribution is -2.15. The fraction of sp³-hybridized carbons (Fsp3) is 0.167. The van der Waals surface area contributed by atoms with E-state index in [1.165, 1.54) is 17.7 Å². The molecule has 0 saturated carbocycles. The van der Waals surface area contributed by atoms with Crippen LogP contribution >= 0.6 is 0 Å². The van der Waals surface area contributed by atoms with Gasteiger partial charge < -0.3 is 5.32 Å². The fourth-order valence-electron chi connectivity index (χ4n) is 2.40. The average Bonchev–Trinajstić information content (AvgIpc) is 2.98. The Labute approximate surface area is 139 Å². The minimum absolute atomic E-state index is 0.115. The van der Waals surface area contributed by atoms with Crippen LogP contribution in [0.3, 0.4) is 0 Å². The van der Waals surface area contributed by atoms with Crippen molar-refractivity contribution in [3.63, 3.8) is 0 Å². The molecule has 122 valence electrons. The number of nitrogens with one attached hydrogen (secondary N) is 1. The van der Waals surface area contributed by atoms with E-state index in [2.05, 4.69) is 22.6 Å². The first-order chi connectivity index (χ1) is 11.6. The lowest BCUT2D eigenvalue weighted by molar-refractivity contribution is 0.102. The number of benzene rings is 2. The molecule has 0 fully saturated rings. The number of anilines is 1. The quantitative estimate of drug-likeness (QED) is 0.798. The zero-order valence-electron chi connectivity index (χ0n) is 13.5. The molecular weight excluding hydrogens is 307 g/mol. The van der Waals surface area contributed by atoms with E-state index in [4.69, 9.17) is 0 Å². The highest BCUT2D eigenvalue weighted by Crippen LogP contribution is 2.17. The average molecular weight is 324 g/mol. The van der Waals surface area contributed by atoms with Crippen molar-refractivity contribution in [1.29, 1.82) is 0 Å². The Kier molecular flexibility index (Phi) is 4.37. The van der Waals surface area contributed by atoms with E-state index in [-0.39, 0.29) is 11.4 Å². The Hall–Kier alpha value is -3.02. The zero-order valence-corrected chi connectivity index (χ0v) is 13.5. The molecular formula is C18H17FN4O. The number of hydrogen-bond acceptors (Lipinski definition) is 3. The molecule has 5 nitrogen and oxygen atoms in total. The van der Waals surface area contributed by atoms with Gasteiger partial charge >= 0.3 is 0 Å². The summed E-state index contributed by atoms with van der Waals surface area (Å²) in [5.41, 5.74) is 2.91. The summed E-state index contributed by atoms with van der Waals surface area (Å²) < 4.78 is 15.2. The Bertz CT molecular complexity index is 871. The maximum absolute atomic E-state index is 13.7. The Morgan fingerprint density at radius 3 is 2.54 bits per heavy atom. The summed E-state index contributed by atoms with van der Waals surface area (Å²) >= 11 is 0. The number of hydrogen-bond donors (Lipinski definition) is 1. The third-order valence-electron chi connectivity index (χ3n) is 3.82. The molecule has 2 aromatic carbocycles. The lowest BCUT2D eigenvalue weighted by atomic mass is 10.1. The van der Waals surface area contributed by atoms with Crippen LogP contribution in [0.5, 0.6) is 0 Å². The second-order valence-electron chi connectivity index (χ2n) is 5.39. The Balaban J connectivity index is 1.86. The summed E-state index contributed by atoms with van der Waals surface area (Å²) in [6.07, 6.45) is 0.951. The SMILES string of the molecule is CCc1ccc(-n2nnc(C(=O)Nc3ccccc3F)c2C)cc1. The number of aryl methyl sites for hydroxylation is 1. The van der Waals surface area contributed by atoms with Gasteiger partial charge in [-0.3, -0.25) is 4.79 Å². The first-order valence-corrected chi connectivity index (χ1v) is 7.67. The van der Waals surface area contributed by atoms with E-state index in [1.54, 1.807) is 23.7 Å². The maximum atomic E-state index is 13.7. The molecule has 0 bridgehead atoms.